The molecule has 0 N–H and O–H groups in total. The maximum Gasteiger partial charge on any atom is 0.164 e. The van der Waals surface area contributed by atoms with Crippen molar-refractivity contribution in [2.24, 2.45) is 0 Å². The minimum absolute atomic E-state index is 0.312. The van der Waals surface area contributed by atoms with Gasteiger partial charge in [0.15, 0.2) is 5.78 Å². The summed E-state index contributed by atoms with van der Waals surface area (Å²) in [4.78, 5) is 15.9. The molecule has 0 saturated heterocycles. The van der Waals surface area contributed by atoms with Crippen molar-refractivity contribution in [3.63, 3.8) is 0 Å². The molecule has 0 amide bonds. The van der Waals surface area contributed by atoms with Gasteiger partial charge < -0.3 is 4.57 Å². The van der Waals surface area contributed by atoms with Gasteiger partial charge in [-0.3, -0.25) is 9.78 Å². The number of carbonyl (C=O) groups excluding carboxylic acids is 1. The lowest BCUT2D eigenvalue weighted by Gasteiger charge is -2.16. The van der Waals surface area contributed by atoms with Crippen LogP contribution in [0.3, 0.4) is 0 Å². The Kier molecular flexibility index (Phi) is 3.20. The van der Waals surface area contributed by atoms with Crippen LogP contribution in [0.1, 0.15) is 40.2 Å². The summed E-state index contributed by atoms with van der Waals surface area (Å²) >= 11 is 0. The van der Waals surface area contributed by atoms with Gasteiger partial charge in [-0.25, -0.2) is 0 Å². The first kappa shape index (κ1) is 12.2. The number of nitrogens with zero attached hydrogens (tertiary/aromatic N) is 2. The second kappa shape index (κ2) is 5.00. The Labute approximate surface area is 113 Å². The molecule has 0 radical (unpaired) electrons. The van der Waals surface area contributed by atoms with Crippen molar-refractivity contribution in [3.8, 4) is 0 Å². The zero-order valence-electron chi connectivity index (χ0n) is 11.2. The van der Waals surface area contributed by atoms with E-state index >= 15 is 0 Å². The van der Waals surface area contributed by atoms with Gasteiger partial charge in [0.2, 0.25) is 0 Å². The molecule has 98 valence electrons. The van der Waals surface area contributed by atoms with Gasteiger partial charge in [0.1, 0.15) is 0 Å². The Morgan fingerprint density at radius 3 is 2.84 bits per heavy atom. The van der Waals surface area contributed by atoms with E-state index in [0.717, 1.165) is 31.4 Å². The van der Waals surface area contributed by atoms with E-state index in [0.29, 0.717) is 12.2 Å². The Hall–Kier alpha value is -1.90. The molecule has 3 nitrogen and oxygen atoms in total. The molecule has 3 rings (SSSR count). The van der Waals surface area contributed by atoms with Crippen LogP contribution in [0.2, 0.25) is 0 Å². The van der Waals surface area contributed by atoms with Crippen LogP contribution >= 0.6 is 0 Å². The third-order valence-corrected chi connectivity index (χ3v) is 3.91. The van der Waals surface area contributed by atoms with Crippen LogP contribution in [0, 0.1) is 6.92 Å². The fraction of sp³-hybridized carbons (Fsp3) is 0.375. The van der Waals surface area contributed by atoms with Crippen LogP contribution in [0.4, 0.5) is 0 Å². The van der Waals surface area contributed by atoms with Crippen LogP contribution in [0.15, 0.2) is 30.6 Å². The molecule has 0 fully saturated rings. The second-order valence-electron chi connectivity index (χ2n) is 5.18. The van der Waals surface area contributed by atoms with Crippen molar-refractivity contribution in [3.05, 3.63) is 53.1 Å². The number of pyridine rings is 1. The third kappa shape index (κ3) is 2.33. The maximum atomic E-state index is 11.9. The number of hydrogen-bond acceptors (Lipinski definition) is 2. The lowest BCUT2D eigenvalue weighted by molar-refractivity contribution is 0.0972. The van der Waals surface area contributed by atoms with Crippen LogP contribution in [-0.2, 0) is 19.4 Å². The molecule has 3 heteroatoms. The highest BCUT2D eigenvalue weighted by Gasteiger charge is 2.22. The molecule has 1 aliphatic carbocycles. The molecule has 0 unspecified atom stereocenters. The maximum absolute atomic E-state index is 11.9. The average Bonchev–Trinajstić information content (AvgIpc) is 2.75. The lowest BCUT2D eigenvalue weighted by atomic mass is 9.96. The zero-order valence-corrected chi connectivity index (χ0v) is 11.2. The monoisotopic (exact) mass is 254 g/mol. The number of fused-ring (bicyclic) bond motifs is 1. The molecule has 0 aromatic carbocycles. The summed E-state index contributed by atoms with van der Waals surface area (Å²) in [5.41, 5.74) is 4.69. The first-order chi connectivity index (χ1) is 9.25. The summed E-state index contributed by atoms with van der Waals surface area (Å²) in [5, 5.41) is 0. The van der Waals surface area contributed by atoms with E-state index in [4.69, 9.17) is 0 Å². The molecular weight excluding hydrogens is 236 g/mol. The first-order valence-corrected chi connectivity index (χ1v) is 6.87. The highest BCUT2D eigenvalue weighted by Crippen LogP contribution is 2.25. The van der Waals surface area contributed by atoms with E-state index in [-0.39, 0.29) is 0 Å². The minimum atomic E-state index is 0.312. The standard InChI is InChI=1S/C16H18N2O/c1-12-11-14-15(3-2-4-16(14)19)18(12)10-7-13-5-8-17-9-6-13/h5-6,8-9,11H,2-4,7,10H2,1H3. The van der Waals surface area contributed by atoms with Gasteiger partial charge in [-0.1, -0.05) is 0 Å². The van der Waals surface area contributed by atoms with E-state index in [9.17, 15) is 4.79 Å². The van der Waals surface area contributed by atoms with E-state index in [1.165, 1.54) is 17.0 Å². The summed E-state index contributed by atoms with van der Waals surface area (Å²) in [5.74, 6) is 0.312. The number of rotatable bonds is 3. The number of aryl methyl sites for hydroxylation is 2. The molecule has 19 heavy (non-hydrogen) atoms. The second-order valence-corrected chi connectivity index (χ2v) is 5.18. The largest absolute Gasteiger partial charge is 0.348 e. The SMILES string of the molecule is Cc1cc2c(n1CCc1ccncc1)CCCC2=O. The minimum Gasteiger partial charge on any atom is -0.348 e. The van der Waals surface area contributed by atoms with Gasteiger partial charge >= 0.3 is 0 Å². The van der Waals surface area contributed by atoms with Crippen molar-refractivity contribution in [1.82, 2.24) is 9.55 Å². The molecule has 2 aromatic heterocycles. The van der Waals surface area contributed by atoms with Crippen molar-refractivity contribution in [2.45, 2.75) is 39.2 Å². The summed E-state index contributed by atoms with van der Waals surface area (Å²) in [6, 6.07) is 6.16. The van der Waals surface area contributed by atoms with Gasteiger partial charge in [-0.05, 0) is 49.9 Å². The van der Waals surface area contributed by atoms with Gasteiger partial charge in [0, 0.05) is 42.3 Å². The van der Waals surface area contributed by atoms with Crippen molar-refractivity contribution in [2.75, 3.05) is 0 Å². The first-order valence-electron chi connectivity index (χ1n) is 6.87. The quantitative estimate of drug-likeness (QED) is 0.844. The van der Waals surface area contributed by atoms with E-state index in [1.807, 2.05) is 12.4 Å². The average molecular weight is 254 g/mol. The van der Waals surface area contributed by atoms with Gasteiger partial charge in [0.25, 0.3) is 0 Å². The highest BCUT2D eigenvalue weighted by molar-refractivity contribution is 5.98. The number of Topliss-reactive ketones (excluding diaryl/α,β-unsaturated/α-hetero) is 1. The van der Waals surface area contributed by atoms with Crippen molar-refractivity contribution >= 4 is 5.78 Å². The number of carbonyl (C=O) groups is 1. The number of ketones is 1. The highest BCUT2D eigenvalue weighted by atomic mass is 16.1. The Bertz CT molecular complexity index is 599. The molecule has 0 atom stereocenters. The molecule has 0 saturated carbocycles. The number of hydrogen-bond donors (Lipinski definition) is 0. The summed E-state index contributed by atoms with van der Waals surface area (Å²) < 4.78 is 2.31. The molecule has 0 aliphatic heterocycles. The predicted octanol–water partition coefficient (Wildman–Crippen LogP) is 2.95. The Balaban J connectivity index is 1.83. The third-order valence-electron chi connectivity index (χ3n) is 3.91. The predicted molar refractivity (Wildman–Crippen MR) is 74.4 cm³/mol. The lowest BCUT2D eigenvalue weighted by Crippen LogP contribution is -2.14. The van der Waals surface area contributed by atoms with E-state index in [2.05, 4.69) is 34.7 Å². The van der Waals surface area contributed by atoms with Crippen molar-refractivity contribution < 1.29 is 4.79 Å². The van der Waals surface area contributed by atoms with E-state index in [1.54, 1.807) is 0 Å². The van der Waals surface area contributed by atoms with Crippen LogP contribution in [0.25, 0.3) is 0 Å². The Morgan fingerprint density at radius 1 is 1.26 bits per heavy atom. The van der Waals surface area contributed by atoms with Crippen LogP contribution < -0.4 is 0 Å². The topological polar surface area (TPSA) is 34.9 Å². The molecule has 2 aromatic rings. The zero-order chi connectivity index (χ0) is 13.2. The fourth-order valence-electron chi connectivity index (χ4n) is 2.89. The number of aromatic nitrogens is 2. The normalized spacial score (nSPS) is 14.5. The molecule has 0 bridgehead atoms. The molecule has 0 spiro atoms. The van der Waals surface area contributed by atoms with Crippen LogP contribution in [-0.4, -0.2) is 15.3 Å². The molecular formula is C16H18N2O. The molecule has 1 aliphatic rings. The smallest absolute Gasteiger partial charge is 0.164 e. The Morgan fingerprint density at radius 2 is 2.05 bits per heavy atom. The molecule has 2 heterocycles. The van der Waals surface area contributed by atoms with Crippen molar-refractivity contribution in [1.29, 1.82) is 0 Å². The summed E-state index contributed by atoms with van der Waals surface area (Å²) in [6.45, 7) is 3.04. The van der Waals surface area contributed by atoms with E-state index < -0.39 is 0 Å². The van der Waals surface area contributed by atoms with Gasteiger partial charge in [-0.15, -0.1) is 0 Å². The summed E-state index contributed by atoms with van der Waals surface area (Å²) in [6.07, 6.45) is 7.38. The fourth-order valence-corrected chi connectivity index (χ4v) is 2.89. The van der Waals surface area contributed by atoms with Gasteiger partial charge in [-0.2, -0.15) is 0 Å². The van der Waals surface area contributed by atoms with Crippen LogP contribution in [0.5, 0.6) is 0 Å². The van der Waals surface area contributed by atoms with Gasteiger partial charge in [0.05, 0.1) is 0 Å². The summed E-state index contributed by atoms with van der Waals surface area (Å²) in [7, 11) is 0.